The molecule has 0 radical (unpaired) electrons. The van der Waals surface area contributed by atoms with Gasteiger partial charge in [-0.1, -0.05) is 6.58 Å². The van der Waals surface area contributed by atoms with E-state index in [0.29, 0.717) is 30.4 Å². The zero-order valence-corrected chi connectivity index (χ0v) is 11.9. The molecule has 4 saturated carbocycles. The molecule has 4 aliphatic rings. The molecule has 20 heavy (non-hydrogen) atoms. The molecule has 0 spiro atoms. The molecule has 4 rings (SSSR count). The van der Waals surface area contributed by atoms with Gasteiger partial charge in [-0.05, 0) is 62.2 Å². The first-order valence-corrected chi connectivity index (χ1v) is 7.62. The molecular formula is C16H24O4. The van der Waals surface area contributed by atoms with Gasteiger partial charge in [-0.25, -0.2) is 4.79 Å². The standard InChI is InChI=1S/C16H24O4/c1-11(14(18)19)5-15-6-12-4-13(7-15)9-16(8-12,10-15)20-3-2-17/h12-13,17H,1-10H2,(H,18,19). The van der Waals surface area contributed by atoms with Crippen molar-refractivity contribution in [3.05, 3.63) is 12.2 Å². The number of hydrogen-bond donors (Lipinski definition) is 2. The number of hydrogen-bond acceptors (Lipinski definition) is 3. The zero-order chi connectivity index (χ0) is 14.4. The van der Waals surface area contributed by atoms with Crippen molar-refractivity contribution in [2.45, 2.75) is 50.5 Å². The van der Waals surface area contributed by atoms with E-state index in [-0.39, 0.29) is 17.6 Å². The summed E-state index contributed by atoms with van der Waals surface area (Å²) in [6.45, 7) is 4.19. The Morgan fingerprint density at radius 2 is 1.90 bits per heavy atom. The summed E-state index contributed by atoms with van der Waals surface area (Å²) in [6.07, 6.45) is 7.24. The summed E-state index contributed by atoms with van der Waals surface area (Å²) < 4.78 is 6.03. The quantitative estimate of drug-likeness (QED) is 0.733. The normalized spacial score (nSPS) is 41.9. The van der Waals surface area contributed by atoms with E-state index in [1.54, 1.807) is 0 Å². The Kier molecular flexibility index (Phi) is 3.41. The van der Waals surface area contributed by atoms with Crippen molar-refractivity contribution >= 4 is 5.97 Å². The molecule has 4 nitrogen and oxygen atoms in total. The van der Waals surface area contributed by atoms with E-state index in [2.05, 4.69) is 6.58 Å². The highest BCUT2D eigenvalue weighted by Gasteiger charge is 2.58. The zero-order valence-electron chi connectivity index (χ0n) is 11.9. The third kappa shape index (κ3) is 2.40. The van der Waals surface area contributed by atoms with Crippen molar-refractivity contribution in [2.75, 3.05) is 13.2 Å². The summed E-state index contributed by atoms with van der Waals surface area (Å²) in [7, 11) is 0. The summed E-state index contributed by atoms with van der Waals surface area (Å²) in [5.41, 5.74) is 0.310. The first-order valence-electron chi connectivity index (χ1n) is 7.62. The van der Waals surface area contributed by atoms with E-state index in [1.807, 2.05) is 0 Å². The minimum Gasteiger partial charge on any atom is -0.478 e. The summed E-state index contributed by atoms with van der Waals surface area (Å²) >= 11 is 0. The minimum atomic E-state index is -0.869. The van der Waals surface area contributed by atoms with Crippen LogP contribution in [0.3, 0.4) is 0 Å². The maximum absolute atomic E-state index is 11.1. The lowest BCUT2D eigenvalue weighted by Crippen LogP contribution is -2.57. The first kappa shape index (κ1) is 14.1. The van der Waals surface area contributed by atoms with Crippen molar-refractivity contribution in [1.82, 2.24) is 0 Å². The van der Waals surface area contributed by atoms with E-state index in [1.165, 1.54) is 6.42 Å². The van der Waals surface area contributed by atoms with Crippen molar-refractivity contribution < 1.29 is 19.7 Å². The second-order valence-electron chi connectivity index (χ2n) is 7.30. The van der Waals surface area contributed by atoms with Crippen LogP contribution in [0.1, 0.15) is 44.9 Å². The lowest BCUT2D eigenvalue weighted by molar-refractivity contribution is -0.196. The van der Waals surface area contributed by atoms with Gasteiger partial charge in [0.1, 0.15) is 0 Å². The van der Waals surface area contributed by atoms with Crippen molar-refractivity contribution in [3.63, 3.8) is 0 Å². The van der Waals surface area contributed by atoms with Crippen molar-refractivity contribution in [3.8, 4) is 0 Å². The molecule has 112 valence electrons. The SMILES string of the molecule is C=C(CC12CC3CC(C1)CC(OCCO)(C3)C2)C(=O)O. The van der Waals surface area contributed by atoms with Crippen molar-refractivity contribution in [1.29, 1.82) is 0 Å². The lowest BCUT2D eigenvalue weighted by atomic mass is 9.46. The summed E-state index contributed by atoms with van der Waals surface area (Å²) in [6, 6.07) is 0. The molecule has 0 heterocycles. The lowest BCUT2D eigenvalue weighted by Gasteiger charge is -2.62. The van der Waals surface area contributed by atoms with Gasteiger partial charge in [0.2, 0.25) is 0 Å². The molecule has 0 aromatic heterocycles. The predicted octanol–water partition coefficient (Wildman–Crippen LogP) is 2.37. The van der Waals surface area contributed by atoms with Crippen molar-refractivity contribution in [2.24, 2.45) is 17.3 Å². The number of ether oxygens (including phenoxy) is 1. The average molecular weight is 280 g/mol. The number of aliphatic hydroxyl groups excluding tert-OH is 1. The van der Waals surface area contributed by atoms with Gasteiger partial charge in [-0.15, -0.1) is 0 Å². The number of carboxylic acids is 1. The van der Waals surface area contributed by atoms with Gasteiger partial charge in [0, 0.05) is 5.57 Å². The Morgan fingerprint density at radius 3 is 2.45 bits per heavy atom. The Morgan fingerprint density at radius 1 is 1.25 bits per heavy atom. The molecule has 4 aliphatic carbocycles. The molecule has 0 saturated heterocycles. The number of rotatable bonds is 6. The average Bonchev–Trinajstić information content (AvgIpc) is 2.34. The van der Waals surface area contributed by atoms with Crippen LogP contribution in [0.25, 0.3) is 0 Å². The molecule has 4 fully saturated rings. The van der Waals surface area contributed by atoms with Gasteiger partial charge in [0.25, 0.3) is 0 Å². The van der Waals surface area contributed by atoms with Gasteiger partial charge in [0.15, 0.2) is 0 Å². The molecule has 4 heteroatoms. The predicted molar refractivity (Wildman–Crippen MR) is 74.3 cm³/mol. The summed E-state index contributed by atoms with van der Waals surface area (Å²) in [5, 5.41) is 18.2. The minimum absolute atomic E-state index is 0.0614. The highest BCUT2D eigenvalue weighted by Crippen LogP contribution is 2.64. The number of aliphatic hydroxyl groups is 1. The van der Waals surface area contributed by atoms with Gasteiger partial charge < -0.3 is 14.9 Å². The summed E-state index contributed by atoms with van der Waals surface area (Å²) in [4.78, 5) is 11.1. The van der Waals surface area contributed by atoms with Crippen LogP contribution in [-0.4, -0.2) is 35.0 Å². The van der Waals surface area contributed by atoms with Crippen LogP contribution < -0.4 is 0 Å². The monoisotopic (exact) mass is 280 g/mol. The second-order valence-corrected chi connectivity index (χ2v) is 7.30. The molecule has 2 N–H and O–H groups in total. The largest absolute Gasteiger partial charge is 0.478 e. The van der Waals surface area contributed by atoms with E-state index in [0.717, 1.165) is 32.1 Å². The topological polar surface area (TPSA) is 66.8 Å². The van der Waals surface area contributed by atoms with E-state index in [4.69, 9.17) is 14.9 Å². The third-order valence-electron chi connectivity index (χ3n) is 5.52. The molecule has 0 aliphatic heterocycles. The van der Waals surface area contributed by atoms with Gasteiger partial charge in [0.05, 0.1) is 18.8 Å². The van der Waals surface area contributed by atoms with Crippen LogP contribution in [-0.2, 0) is 9.53 Å². The maximum Gasteiger partial charge on any atom is 0.330 e. The van der Waals surface area contributed by atoms with E-state index in [9.17, 15) is 4.79 Å². The smallest absolute Gasteiger partial charge is 0.330 e. The molecule has 2 atom stereocenters. The number of carbonyl (C=O) groups is 1. The fourth-order valence-electron chi connectivity index (χ4n) is 5.53. The molecule has 0 amide bonds. The molecular weight excluding hydrogens is 256 g/mol. The fraction of sp³-hybridized carbons (Fsp3) is 0.812. The Labute approximate surface area is 119 Å². The van der Waals surface area contributed by atoms with Crippen LogP contribution in [0.5, 0.6) is 0 Å². The first-order chi connectivity index (χ1) is 9.46. The highest BCUT2D eigenvalue weighted by molar-refractivity contribution is 5.85. The Bertz CT molecular complexity index is 414. The van der Waals surface area contributed by atoms with Crippen LogP contribution in [0.2, 0.25) is 0 Å². The highest BCUT2D eigenvalue weighted by atomic mass is 16.5. The Hall–Kier alpha value is -0.870. The van der Waals surface area contributed by atoms with Crippen LogP contribution in [0.4, 0.5) is 0 Å². The van der Waals surface area contributed by atoms with Crippen LogP contribution in [0, 0.1) is 17.3 Å². The van der Waals surface area contributed by atoms with Gasteiger partial charge in [-0.2, -0.15) is 0 Å². The molecule has 0 aromatic carbocycles. The van der Waals surface area contributed by atoms with E-state index >= 15 is 0 Å². The molecule has 4 bridgehead atoms. The fourth-order valence-corrected chi connectivity index (χ4v) is 5.53. The Balaban J connectivity index is 1.79. The third-order valence-corrected chi connectivity index (χ3v) is 5.52. The van der Waals surface area contributed by atoms with E-state index < -0.39 is 5.97 Å². The van der Waals surface area contributed by atoms with Gasteiger partial charge in [-0.3, -0.25) is 0 Å². The van der Waals surface area contributed by atoms with Crippen LogP contribution >= 0.6 is 0 Å². The van der Waals surface area contributed by atoms with Gasteiger partial charge >= 0.3 is 5.97 Å². The maximum atomic E-state index is 11.1. The molecule has 0 aromatic rings. The second kappa shape index (κ2) is 4.85. The number of carboxylic acid groups (broad SMARTS) is 1. The molecule has 2 unspecified atom stereocenters. The van der Waals surface area contributed by atoms with Crippen LogP contribution in [0.15, 0.2) is 12.2 Å². The number of aliphatic carboxylic acids is 1. The summed E-state index contributed by atoms with van der Waals surface area (Å²) in [5.74, 6) is 0.458.